The molecule has 0 saturated heterocycles. The first-order valence-corrected chi connectivity index (χ1v) is 7.78. The molecule has 2 rings (SSSR count). The summed E-state index contributed by atoms with van der Waals surface area (Å²) in [4.78, 5) is 4.59. The highest BCUT2D eigenvalue weighted by atomic mass is 32.1. The largest absolute Gasteiger partial charge is 0.310 e. The molecule has 3 heteroatoms. The van der Waals surface area contributed by atoms with Crippen molar-refractivity contribution in [1.82, 2.24) is 10.3 Å². The molecular weight excluding hydrogens is 252 g/mol. The fraction of sp³-hybridized carbons (Fsp3) is 0.438. The van der Waals surface area contributed by atoms with Crippen LogP contribution < -0.4 is 5.32 Å². The van der Waals surface area contributed by atoms with Crippen LogP contribution >= 0.6 is 11.3 Å². The van der Waals surface area contributed by atoms with E-state index in [0.29, 0.717) is 6.04 Å². The zero-order valence-corrected chi connectivity index (χ0v) is 12.8. The molecule has 1 aromatic heterocycles. The minimum absolute atomic E-state index is 0.366. The molecule has 0 spiro atoms. The van der Waals surface area contributed by atoms with Crippen LogP contribution in [-0.2, 0) is 6.42 Å². The normalized spacial score (nSPS) is 12.6. The number of thiazole rings is 1. The predicted octanol–water partition coefficient (Wildman–Crippen LogP) is 4.04. The Balaban J connectivity index is 2.15. The molecule has 0 amide bonds. The van der Waals surface area contributed by atoms with E-state index in [2.05, 4.69) is 60.7 Å². The van der Waals surface area contributed by atoms with Crippen LogP contribution in [0, 0.1) is 13.8 Å². The van der Waals surface area contributed by atoms with Crippen molar-refractivity contribution in [2.45, 2.75) is 39.7 Å². The Kier molecular flexibility index (Phi) is 5.11. The zero-order valence-electron chi connectivity index (χ0n) is 11.9. The van der Waals surface area contributed by atoms with Gasteiger partial charge < -0.3 is 5.32 Å². The summed E-state index contributed by atoms with van der Waals surface area (Å²) in [5.41, 5.74) is 3.80. The molecular formula is C16H22N2S. The van der Waals surface area contributed by atoms with Gasteiger partial charge in [0, 0.05) is 23.5 Å². The highest BCUT2D eigenvalue weighted by Crippen LogP contribution is 2.21. The molecule has 1 aromatic carbocycles. The Morgan fingerprint density at radius 2 is 2.16 bits per heavy atom. The third kappa shape index (κ3) is 4.15. The van der Waals surface area contributed by atoms with Gasteiger partial charge >= 0.3 is 0 Å². The van der Waals surface area contributed by atoms with Crippen molar-refractivity contribution in [3.63, 3.8) is 0 Å². The number of nitrogens with zero attached hydrogens (tertiary/aromatic N) is 1. The van der Waals surface area contributed by atoms with E-state index in [9.17, 15) is 0 Å². The molecule has 1 atom stereocenters. The van der Waals surface area contributed by atoms with E-state index in [1.807, 2.05) is 0 Å². The lowest BCUT2D eigenvalue weighted by Crippen LogP contribution is -2.24. The Morgan fingerprint density at radius 3 is 2.79 bits per heavy atom. The Labute approximate surface area is 119 Å². The van der Waals surface area contributed by atoms with Gasteiger partial charge in [0.25, 0.3) is 0 Å². The van der Waals surface area contributed by atoms with E-state index in [-0.39, 0.29) is 0 Å². The van der Waals surface area contributed by atoms with Crippen LogP contribution in [0.25, 0.3) is 0 Å². The lowest BCUT2D eigenvalue weighted by atomic mass is 10.0. The summed E-state index contributed by atoms with van der Waals surface area (Å²) >= 11 is 1.76. The third-order valence-electron chi connectivity index (χ3n) is 3.13. The standard InChI is InChI=1S/C16H22N2S/c1-4-8-17-15(10-16-18-13(3)11-19-16)14-7-5-6-12(2)9-14/h5-7,9,11,15,17H,4,8,10H2,1-3H3. The summed E-state index contributed by atoms with van der Waals surface area (Å²) in [6, 6.07) is 9.13. The van der Waals surface area contributed by atoms with Gasteiger partial charge in [0.2, 0.25) is 0 Å². The maximum atomic E-state index is 4.59. The predicted molar refractivity (Wildman–Crippen MR) is 82.8 cm³/mol. The highest BCUT2D eigenvalue weighted by molar-refractivity contribution is 7.09. The molecule has 0 aliphatic carbocycles. The molecule has 1 heterocycles. The van der Waals surface area contributed by atoms with Crippen molar-refractivity contribution in [2.75, 3.05) is 6.54 Å². The van der Waals surface area contributed by atoms with Gasteiger partial charge in [0.1, 0.15) is 0 Å². The second-order valence-electron chi connectivity index (χ2n) is 5.01. The van der Waals surface area contributed by atoms with E-state index in [1.54, 1.807) is 11.3 Å². The molecule has 1 N–H and O–H groups in total. The lowest BCUT2D eigenvalue weighted by molar-refractivity contribution is 0.528. The first-order valence-electron chi connectivity index (χ1n) is 6.90. The summed E-state index contributed by atoms with van der Waals surface area (Å²) in [5.74, 6) is 0. The zero-order chi connectivity index (χ0) is 13.7. The summed E-state index contributed by atoms with van der Waals surface area (Å²) in [5, 5.41) is 6.98. The Hall–Kier alpha value is -1.19. The SMILES string of the molecule is CCCNC(Cc1nc(C)cs1)c1cccc(C)c1. The summed E-state index contributed by atoms with van der Waals surface area (Å²) < 4.78 is 0. The van der Waals surface area contributed by atoms with Crippen molar-refractivity contribution in [2.24, 2.45) is 0 Å². The maximum Gasteiger partial charge on any atom is 0.0947 e. The van der Waals surface area contributed by atoms with Crippen LogP contribution in [0.1, 0.15) is 41.2 Å². The average Bonchev–Trinajstić information content (AvgIpc) is 2.80. The molecule has 0 aliphatic rings. The number of rotatable bonds is 6. The van der Waals surface area contributed by atoms with Gasteiger partial charge in [-0.25, -0.2) is 4.98 Å². The van der Waals surface area contributed by atoms with Gasteiger partial charge in [-0.05, 0) is 32.4 Å². The fourth-order valence-corrected chi connectivity index (χ4v) is 3.00. The number of hydrogen-bond acceptors (Lipinski definition) is 3. The first-order chi connectivity index (χ1) is 9.19. The molecule has 0 bridgehead atoms. The minimum Gasteiger partial charge on any atom is -0.310 e. The molecule has 1 unspecified atom stereocenters. The van der Waals surface area contributed by atoms with Crippen molar-refractivity contribution < 1.29 is 0 Å². The fourth-order valence-electron chi connectivity index (χ4n) is 2.18. The molecule has 102 valence electrons. The van der Waals surface area contributed by atoms with Gasteiger partial charge in [-0.15, -0.1) is 11.3 Å². The van der Waals surface area contributed by atoms with E-state index in [4.69, 9.17) is 0 Å². The van der Waals surface area contributed by atoms with Crippen LogP contribution in [0.5, 0.6) is 0 Å². The molecule has 0 saturated carbocycles. The Morgan fingerprint density at radius 1 is 1.32 bits per heavy atom. The summed E-state index contributed by atoms with van der Waals surface area (Å²) in [6.07, 6.45) is 2.13. The molecule has 0 aliphatic heterocycles. The van der Waals surface area contributed by atoms with Crippen LogP contribution in [0.2, 0.25) is 0 Å². The van der Waals surface area contributed by atoms with Gasteiger partial charge in [-0.2, -0.15) is 0 Å². The van der Waals surface area contributed by atoms with E-state index in [0.717, 1.165) is 25.1 Å². The second-order valence-corrected chi connectivity index (χ2v) is 5.95. The van der Waals surface area contributed by atoms with Crippen LogP contribution in [0.15, 0.2) is 29.6 Å². The second kappa shape index (κ2) is 6.83. The quantitative estimate of drug-likeness (QED) is 0.860. The highest BCUT2D eigenvalue weighted by Gasteiger charge is 2.13. The van der Waals surface area contributed by atoms with Crippen molar-refractivity contribution in [3.05, 3.63) is 51.5 Å². The van der Waals surface area contributed by atoms with Gasteiger partial charge in [0.15, 0.2) is 0 Å². The number of hydrogen-bond donors (Lipinski definition) is 1. The molecule has 19 heavy (non-hydrogen) atoms. The van der Waals surface area contributed by atoms with Gasteiger partial charge in [-0.1, -0.05) is 36.8 Å². The van der Waals surface area contributed by atoms with Crippen LogP contribution in [-0.4, -0.2) is 11.5 Å². The minimum atomic E-state index is 0.366. The van der Waals surface area contributed by atoms with E-state index >= 15 is 0 Å². The molecule has 2 aromatic rings. The summed E-state index contributed by atoms with van der Waals surface area (Å²) in [7, 11) is 0. The van der Waals surface area contributed by atoms with Crippen LogP contribution in [0.3, 0.4) is 0 Å². The number of aromatic nitrogens is 1. The molecule has 0 fully saturated rings. The first kappa shape index (κ1) is 14.2. The van der Waals surface area contributed by atoms with Crippen molar-refractivity contribution in [1.29, 1.82) is 0 Å². The number of aryl methyl sites for hydroxylation is 2. The number of nitrogens with one attached hydrogen (secondary N) is 1. The van der Waals surface area contributed by atoms with E-state index in [1.165, 1.54) is 16.1 Å². The van der Waals surface area contributed by atoms with Crippen LogP contribution in [0.4, 0.5) is 0 Å². The monoisotopic (exact) mass is 274 g/mol. The third-order valence-corrected chi connectivity index (χ3v) is 4.12. The Bertz CT molecular complexity index is 519. The lowest BCUT2D eigenvalue weighted by Gasteiger charge is -2.18. The van der Waals surface area contributed by atoms with E-state index < -0.39 is 0 Å². The average molecular weight is 274 g/mol. The van der Waals surface area contributed by atoms with Gasteiger partial charge in [-0.3, -0.25) is 0 Å². The maximum absolute atomic E-state index is 4.59. The van der Waals surface area contributed by atoms with Gasteiger partial charge in [0.05, 0.1) is 5.01 Å². The molecule has 2 nitrogen and oxygen atoms in total. The smallest absolute Gasteiger partial charge is 0.0947 e. The topological polar surface area (TPSA) is 24.9 Å². The van der Waals surface area contributed by atoms with Crippen molar-refractivity contribution >= 4 is 11.3 Å². The molecule has 0 radical (unpaired) electrons. The number of benzene rings is 1. The summed E-state index contributed by atoms with van der Waals surface area (Å²) in [6.45, 7) is 7.45. The van der Waals surface area contributed by atoms with Crippen molar-refractivity contribution in [3.8, 4) is 0 Å².